The average Bonchev–Trinajstić information content (AvgIpc) is 2.78. The van der Waals surface area contributed by atoms with Crippen molar-refractivity contribution in [1.82, 2.24) is 5.32 Å². The molecule has 1 unspecified atom stereocenters. The minimum absolute atomic E-state index is 0.0346. The van der Waals surface area contributed by atoms with Gasteiger partial charge in [0.25, 0.3) is 5.91 Å². The first kappa shape index (κ1) is 22.0. The van der Waals surface area contributed by atoms with Crippen LogP contribution in [-0.2, 0) is 5.75 Å². The van der Waals surface area contributed by atoms with Gasteiger partial charge in [-0.05, 0) is 47.7 Å². The molecule has 1 atom stereocenters. The molecule has 0 fully saturated rings. The van der Waals surface area contributed by atoms with E-state index in [9.17, 15) is 4.79 Å². The van der Waals surface area contributed by atoms with Crippen molar-refractivity contribution in [2.45, 2.75) is 37.0 Å². The van der Waals surface area contributed by atoms with Gasteiger partial charge in [0.05, 0.1) is 18.7 Å². The number of amides is 1. The van der Waals surface area contributed by atoms with Crippen molar-refractivity contribution in [2.75, 3.05) is 7.11 Å². The molecule has 3 aromatic rings. The van der Waals surface area contributed by atoms with Gasteiger partial charge in [0.2, 0.25) is 0 Å². The van der Waals surface area contributed by atoms with E-state index in [2.05, 4.69) is 31.3 Å². The number of ether oxygens (including phenoxy) is 1. The van der Waals surface area contributed by atoms with E-state index in [1.807, 2.05) is 66.7 Å². The average molecular weight is 420 g/mol. The predicted molar refractivity (Wildman–Crippen MR) is 125 cm³/mol. The van der Waals surface area contributed by atoms with E-state index in [0.717, 1.165) is 33.9 Å². The Hall–Kier alpha value is -2.72. The predicted octanol–water partition coefficient (Wildman–Crippen LogP) is 6.50. The topological polar surface area (TPSA) is 38.3 Å². The van der Waals surface area contributed by atoms with Crippen molar-refractivity contribution in [2.24, 2.45) is 5.92 Å². The maximum absolute atomic E-state index is 13.2. The lowest BCUT2D eigenvalue weighted by Crippen LogP contribution is -2.30. The number of rotatable bonds is 9. The van der Waals surface area contributed by atoms with Crippen LogP contribution < -0.4 is 10.1 Å². The number of nitrogens with one attached hydrogen (secondary N) is 1. The number of hydrogen-bond acceptors (Lipinski definition) is 3. The van der Waals surface area contributed by atoms with Gasteiger partial charge in [0.1, 0.15) is 5.75 Å². The zero-order valence-electron chi connectivity index (χ0n) is 17.8. The van der Waals surface area contributed by atoms with Crippen LogP contribution in [0.5, 0.6) is 5.75 Å². The molecule has 1 amide bonds. The van der Waals surface area contributed by atoms with E-state index < -0.39 is 0 Å². The van der Waals surface area contributed by atoms with E-state index in [1.54, 1.807) is 18.9 Å². The molecule has 3 nitrogen and oxygen atoms in total. The van der Waals surface area contributed by atoms with Gasteiger partial charge < -0.3 is 10.1 Å². The van der Waals surface area contributed by atoms with Crippen LogP contribution >= 0.6 is 11.8 Å². The SMILES string of the molecule is COc1ccc(C(CC(C)C)NC(=O)c2ccccc2SCc2ccccc2)cc1. The second kappa shape index (κ2) is 10.9. The van der Waals surface area contributed by atoms with E-state index in [0.29, 0.717) is 5.92 Å². The van der Waals surface area contributed by atoms with Gasteiger partial charge in [-0.15, -0.1) is 11.8 Å². The molecule has 0 aliphatic rings. The zero-order chi connectivity index (χ0) is 21.3. The van der Waals surface area contributed by atoms with E-state index in [1.165, 1.54) is 5.56 Å². The second-order valence-corrected chi connectivity index (χ2v) is 8.72. The minimum atomic E-state index is -0.0458. The van der Waals surface area contributed by atoms with Crippen LogP contribution in [0.4, 0.5) is 0 Å². The molecular formula is C26H29NO2S. The summed E-state index contributed by atoms with van der Waals surface area (Å²) in [6, 6.07) is 26.1. The molecule has 0 saturated heterocycles. The molecule has 4 heteroatoms. The molecule has 0 aliphatic carbocycles. The van der Waals surface area contributed by atoms with Crippen molar-refractivity contribution in [1.29, 1.82) is 0 Å². The summed E-state index contributed by atoms with van der Waals surface area (Å²) in [6.45, 7) is 4.35. The molecule has 0 spiro atoms. The van der Waals surface area contributed by atoms with Crippen LogP contribution in [0.1, 0.15) is 47.8 Å². The first-order chi connectivity index (χ1) is 14.6. The summed E-state index contributed by atoms with van der Waals surface area (Å²) >= 11 is 1.69. The number of methoxy groups -OCH3 is 1. The summed E-state index contributed by atoms with van der Waals surface area (Å²) in [6.07, 6.45) is 0.872. The quantitative estimate of drug-likeness (QED) is 0.402. The number of carbonyl (C=O) groups excluding carboxylic acids is 1. The minimum Gasteiger partial charge on any atom is -0.497 e. The Bertz CT molecular complexity index is 939. The number of thioether (sulfide) groups is 1. The lowest BCUT2D eigenvalue weighted by molar-refractivity contribution is 0.0929. The van der Waals surface area contributed by atoms with E-state index in [-0.39, 0.29) is 11.9 Å². The highest BCUT2D eigenvalue weighted by atomic mass is 32.2. The van der Waals surface area contributed by atoms with Crippen molar-refractivity contribution in [3.63, 3.8) is 0 Å². The van der Waals surface area contributed by atoms with E-state index >= 15 is 0 Å². The number of benzene rings is 3. The van der Waals surface area contributed by atoms with Gasteiger partial charge in [-0.3, -0.25) is 4.79 Å². The van der Waals surface area contributed by atoms with Crippen LogP contribution in [0.3, 0.4) is 0 Å². The summed E-state index contributed by atoms with van der Waals surface area (Å²) in [5.41, 5.74) is 3.06. The first-order valence-corrected chi connectivity index (χ1v) is 11.3. The highest BCUT2D eigenvalue weighted by molar-refractivity contribution is 7.98. The fraction of sp³-hybridized carbons (Fsp3) is 0.269. The Balaban J connectivity index is 1.76. The molecule has 0 radical (unpaired) electrons. The first-order valence-electron chi connectivity index (χ1n) is 10.3. The zero-order valence-corrected chi connectivity index (χ0v) is 18.6. The standard InChI is InChI=1S/C26H29NO2S/c1-19(2)17-24(21-13-15-22(29-3)16-14-21)27-26(28)23-11-7-8-12-25(23)30-18-20-9-5-4-6-10-20/h4-16,19,24H,17-18H2,1-3H3,(H,27,28). The second-order valence-electron chi connectivity index (χ2n) is 7.70. The van der Waals surface area contributed by atoms with Gasteiger partial charge in [-0.2, -0.15) is 0 Å². The maximum Gasteiger partial charge on any atom is 0.252 e. The summed E-state index contributed by atoms with van der Waals surface area (Å²) in [7, 11) is 1.66. The maximum atomic E-state index is 13.2. The Labute approximate surface area is 183 Å². The van der Waals surface area contributed by atoms with Crippen molar-refractivity contribution >= 4 is 17.7 Å². The monoisotopic (exact) mass is 419 g/mol. The molecule has 0 heterocycles. The molecular weight excluding hydrogens is 390 g/mol. The molecule has 156 valence electrons. The lowest BCUT2D eigenvalue weighted by atomic mass is 9.96. The third kappa shape index (κ3) is 6.14. The van der Waals surface area contributed by atoms with Gasteiger partial charge in [-0.25, -0.2) is 0 Å². The van der Waals surface area contributed by atoms with Crippen LogP contribution in [-0.4, -0.2) is 13.0 Å². The largest absolute Gasteiger partial charge is 0.497 e. The third-order valence-electron chi connectivity index (χ3n) is 4.90. The van der Waals surface area contributed by atoms with Gasteiger partial charge >= 0.3 is 0 Å². The molecule has 0 bridgehead atoms. The Morgan fingerprint density at radius 3 is 2.27 bits per heavy atom. The number of carbonyl (C=O) groups is 1. The Morgan fingerprint density at radius 1 is 0.933 bits per heavy atom. The van der Waals surface area contributed by atoms with Crippen molar-refractivity contribution < 1.29 is 9.53 Å². The van der Waals surface area contributed by atoms with Crippen molar-refractivity contribution in [3.05, 3.63) is 95.6 Å². The Kier molecular flexibility index (Phi) is 7.97. The normalized spacial score (nSPS) is 11.9. The number of hydrogen-bond donors (Lipinski definition) is 1. The summed E-state index contributed by atoms with van der Waals surface area (Å²) in [5, 5.41) is 3.26. The molecule has 3 rings (SSSR count). The summed E-state index contributed by atoms with van der Waals surface area (Å²) in [5.74, 6) is 2.07. The summed E-state index contributed by atoms with van der Waals surface area (Å²) in [4.78, 5) is 14.2. The fourth-order valence-corrected chi connectivity index (χ4v) is 4.34. The lowest BCUT2D eigenvalue weighted by Gasteiger charge is -2.22. The summed E-state index contributed by atoms with van der Waals surface area (Å²) < 4.78 is 5.27. The van der Waals surface area contributed by atoms with Gasteiger partial charge in [0.15, 0.2) is 0 Å². The molecule has 3 aromatic carbocycles. The Morgan fingerprint density at radius 2 is 1.60 bits per heavy atom. The van der Waals surface area contributed by atoms with Crippen LogP contribution in [0, 0.1) is 5.92 Å². The fourth-order valence-electron chi connectivity index (χ4n) is 3.34. The van der Waals surface area contributed by atoms with Crippen molar-refractivity contribution in [3.8, 4) is 5.75 Å². The van der Waals surface area contributed by atoms with Gasteiger partial charge in [-0.1, -0.05) is 68.4 Å². The highest BCUT2D eigenvalue weighted by Crippen LogP contribution is 2.28. The smallest absolute Gasteiger partial charge is 0.252 e. The molecule has 0 saturated carbocycles. The molecule has 1 N–H and O–H groups in total. The van der Waals surface area contributed by atoms with Crippen LogP contribution in [0.15, 0.2) is 83.8 Å². The van der Waals surface area contributed by atoms with Gasteiger partial charge in [0, 0.05) is 10.6 Å². The third-order valence-corrected chi connectivity index (χ3v) is 6.04. The van der Waals surface area contributed by atoms with E-state index in [4.69, 9.17) is 4.74 Å². The molecule has 0 aromatic heterocycles. The molecule has 0 aliphatic heterocycles. The molecule has 30 heavy (non-hydrogen) atoms. The van der Waals surface area contributed by atoms with Crippen LogP contribution in [0.2, 0.25) is 0 Å². The van der Waals surface area contributed by atoms with Crippen LogP contribution in [0.25, 0.3) is 0 Å². The highest BCUT2D eigenvalue weighted by Gasteiger charge is 2.19.